The number of fused-ring (bicyclic) bond motifs is 1. The zero-order valence-corrected chi connectivity index (χ0v) is 15.6. The normalized spacial score (nSPS) is 28.5. The Balaban J connectivity index is 2.12. The van der Waals surface area contributed by atoms with Gasteiger partial charge in [0.25, 0.3) is 0 Å². The van der Waals surface area contributed by atoms with Crippen LogP contribution in [0.3, 0.4) is 0 Å². The third-order valence-corrected chi connectivity index (χ3v) is 6.92. The summed E-state index contributed by atoms with van der Waals surface area (Å²) in [7, 11) is -3.05. The summed E-state index contributed by atoms with van der Waals surface area (Å²) in [5, 5.41) is 2.58. The van der Waals surface area contributed by atoms with Crippen molar-refractivity contribution in [3.63, 3.8) is 0 Å². The number of hydrogen-bond acceptors (Lipinski definition) is 4. The Bertz CT molecular complexity index is 519. The minimum atomic E-state index is -3.05. The molecule has 0 saturated carbocycles. The van der Waals surface area contributed by atoms with Crippen LogP contribution in [0.5, 0.6) is 0 Å². The molecule has 23 heavy (non-hydrogen) atoms. The quantitative estimate of drug-likeness (QED) is 0.838. The Morgan fingerprint density at radius 3 is 2.39 bits per heavy atom. The average molecular weight is 346 g/mol. The summed E-state index contributed by atoms with van der Waals surface area (Å²) in [6.45, 7) is 10.9. The fraction of sp³-hybridized carbons (Fsp3) is 0.938. The van der Waals surface area contributed by atoms with E-state index in [4.69, 9.17) is 0 Å². The van der Waals surface area contributed by atoms with Crippen LogP contribution in [0, 0.1) is 5.92 Å². The van der Waals surface area contributed by atoms with Crippen molar-refractivity contribution in [3.8, 4) is 0 Å². The number of nitrogens with zero attached hydrogens (tertiary/aromatic N) is 2. The summed E-state index contributed by atoms with van der Waals surface area (Å²) in [4.78, 5) is 16.4. The maximum absolute atomic E-state index is 12.5. The molecule has 0 radical (unpaired) electrons. The molecule has 2 heterocycles. The highest BCUT2D eigenvalue weighted by atomic mass is 32.2. The van der Waals surface area contributed by atoms with Gasteiger partial charge in [0.05, 0.1) is 11.0 Å². The van der Waals surface area contributed by atoms with Crippen molar-refractivity contribution in [1.82, 2.24) is 15.1 Å². The Morgan fingerprint density at radius 1 is 1.13 bits per heavy atom. The molecule has 2 atom stereocenters. The van der Waals surface area contributed by atoms with Crippen molar-refractivity contribution in [2.45, 2.75) is 57.9 Å². The first-order valence-electron chi connectivity index (χ1n) is 8.71. The molecule has 2 rings (SSSR count). The van der Waals surface area contributed by atoms with Gasteiger partial charge in [-0.3, -0.25) is 4.90 Å². The predicted octanol–water partition coefficient (Wildman–Crippen LogP) is 1.32. The summed E-state index contributed by atoms with van der Waals surface area (Å²) in [6, 6.07) is 0.0636. The first kappa shape index (κ1) is 18.5. The minimum Gasteiger partial charge on any atom is -0.336 e. The Hall–Kier alpha value is -0.820. The van der Waals surface area contributed by atoms with E-state index < -0.39 is 9.84 Å². The van der Waals surface area contributed by atoms with Gasteiger partial charge in [-0.2, -0.15) is 0 Å². The van der Waals surface area contributed by atoms with E-state index in [0.29, 0.717) is 32.0 Å². The highest BCUT2D eigenvalue weighted by Crippen LogP contribution is 2.28. The first-order chi connectivity index (χ1) is 10.7. The third kappa shape index (κ3) is 4.59. The zero-order chi connectivity index (χ0) is 17.2. The van der Waals surface area contributed by atoms with Crippen LogP contribution in [-0.4, -0.2) is 73.5 Å². The van der Waals surface area contributed by atoms with E-state index in [1.807, 2.05) is 13.8 Å². The van der Waals surface area contributed by atoms with Gasteiger partial charge >= 0.3 is 6.03 Å². The lowest BCUT2D eigenvalue weighted by molar-refractivity contribution is 0.159. The smallest absolute Gasteiger partial charge is 0.317 e. The van der Waals surface area contributed by atoms with Gasteiger partial charge in [0.15, 0.2) is 9.84 Å². The molecule has 0 unspecified atom stereocenters. The van der Waals surface area contributed by atoms with Crippen LogP contribution in [0.2, 0.25) is 0 Å². The summed E-state index contributed by atoms with van der Waals surface area (Å²) in [5.74, 6) is 0.763. The Labute approximate surface area is 140 Å². The van der Waals surface area contributed by atoms with E-state index in [1.54, 1.807) is 4.90 Å². The van der Waals surface area contributed by atoms with Gasteiger partial charge in [-0.15, -0.1) is 0 Å². The minimum absolute atomic E-state index is 0.0491. The van der Waals surface area contributed by atoms with Crippen LogP contribution in [0.15, 0.2) is 0 Å². The first-order valence-corrected chi connectivity index (χ1v) is 10.4. The van der Waals surface area contributed by atoms with Crippen molar-refractivity contribution < 1.29 is 13.2 Å². The molecule has 2 fully saturated rings. The molecule has 7 heteroatoms. The Morgan fingerprint density at radius 2 is 1.78 bits per heavy atom. The van der Waals surface area contributed by atoms with Gasteiger partial charge < -0.3 is 10.2 Å². The number of likely N-dealkylation sites (tertiary alicyclic amines) is 1. The predicted molar refractivity (Wildman–Crippen MR) is 92.2 cm³/mol. The van der Waals surface area contributed by atoms with Gasteiger partial charge in [0.1, 0.15) is 0 Å². The van der Waals surface area contributed by atoms with Crippen molar-refractivity contribution >= 4 is 15.9 Å². The highest BCUT2D eigenvalue weighted by Gasteiger charge is 2.43. The van der Waals surface area contributed by atoms with Crippen LogP contribution in [0.25, 0.3) is 0 Å². The second kappa shape index (κ2) is 7.38. The summed E-state index contributed by atoms with van der Waals surface area (Å²) >= 11 is 0. The molecule has 2 aliphatic heterocycles. The van der Waals surface area contributed by atoms with E-state index in [1.165, 1.54) is 0 Å². The van der Waals surface area contributed by atoms with E-state index in [9.17, 15) is 13.2 Å². The topological polar surface area (TPSA) is 69.7 Å². The fourth-order valence-electron chi connectivity index (χ4n) is 3.70. The van der Waals surface area contributed by atoms with E-state index in [0.717, 1.165) is 13.0 Å². The number of carbonyl (C=O) groups excluding carboxylic acids is 1. The zero-order valence-electron chi connectivity index (χ0n) is 14.8. The lowest BCUT2D eigenvalue weighted by atomic mass is 10.0. The highest BCUT2D eigenvalue weighted by molar-refractivity contribution is 7.92. The molecule has 0 spiro atoms. The number of urea groups is 1. The maximum atomic E-state index is 12.5. The number of hydrogen-bond donors (Lipinski definition) is 1. The van der Waals surface area contributed by atoms with Gasteiger partial charge in [0.2, 0.25) is 0 Å². The molecular weight excluding hydrogens is 314 g/mol. The molecule has 2 saturated heterocycles. The van der Waals surface area contributed by atoms with Gasteiger partial charge in [0, 0.05) is 38.3 Å². The molecular formula is C16H31N3O3S. The van der Waals surface area contributed by atoms with Gasteiger partial charge in [-0.05, 0) is 32.6 Å². The van der Waals surface area contributed by atoms with Crippen molar-refractivity contribution in [1.29, 1.82) is 0 Å². The number of amides is 2. The molecule has 134 valence electrons. The number of rotatable bonds is 3. The SMILES string of the molecule is CC(C)CN1CCS(=O)(=O)[C@@H]2CCN(C(=O)NC(C)C)CC[C@@H]21. The Kier molecular flexibility index (Phi) is 5.94. The van der Waals surface area contributed by atoms with Gasteiger partial charge in [-0.1, -0.05) is 13.8 Å². The van der Waals surface area contributed by atoms with Crippen LogP contribution >= 0.6 is 0 Å². The molecule has 0 aromatic rings. The second-order valence-corrected chi connectivity index (χ2v) is 9.87. The third-order valence-electron chi connectivity index (χ3n) is 4.70. The van der Waals surface area contributed by atoms with E-state index in [2.05, 4.69) is 24.1 Å². The van der Waals surface area contributed by atoms with Crippen LogP contribution in [0.1, 0.15) is 40.5 Å². The van der Waals surface area contributed by atoms with Crippen LogP contribution in [0.4, 0.5) is 4.79 Å². The lowest BCUT2D eigenvalue weighted by Crippen LogP contribution is -2.55. The summed E-state index contributed by atoms with van der Waals surface area (Å²) in [5.41, 5.74) is 0. The van der Waals surface area contributed by atoms with Gasteiger partial charge in [-0.25, -0.2) is 13.2 Å². The molecule has 0 aliphatic carbocycles. The maximum Gasteiger partial charge on any atom is 0.317 e. The van der Waals surface area contributed by atoms with Crippen molar-refractivity contribution in [2.24, 2.45) is 5.92 Å². The van der Waals surface area contributed by atoms with Crippen molar-refractivity contribution in [3.05, 3.63) is 0 Å². The molecule has 0 aromatic heterocycles. The molecule has 1 N–H and O–H groups in total. The molecule has 0 aromatic carbocycles. The largest absolute Gasteiger partial charge is 0.336 e. The monoisotopic (exact) mass is 345 g/mol. The fourth-order valence-corrected chi connectivity index (χ4v) is 5.74. The van der Waals surface area contributed by atoms with Crippen molar-refractivity contribution in [2.75, 3.05) is 31.9 Å². The van der Waals surface area contributed by atoms with Crippen LogP contribution < -0.4 is 5.32 Å². The molecule has 0 bridgehead atoms. The summed E-state index contributed by atoms with van der Waals surface area (Å²) in [6.07, 6.45) is 1.29. The molecule has 6 nitrogen and oxygen atoms in total. The number of carbonyl (C=O) groups is 1. The number of sulfone groups is 1. The average Bonchev–Trinajstić information content (AvgIpc) is 2.65. The van der Waals surface area contributed by atoms with E-state index in [-0.39, 0.29) is 29.1 Å². The lowest BCUT2D eigenvalue weighted by Gasteiger charge is -2.40. The standard InChI is InChI=1S/C16H31N3O3S/c1-12(2)11-19-9-10-23(21,22)15-6-8-18(7-5-14(15)19)16(20)17-13(3)4/h12-15H,5-11H2,1-4H3,(H,17,20)/t14-,15+/m0/s1. The van der Waals surface area contributed by atoms with Crippen LogP contribution in [-0.2, 0) is 9.84 Å². The molecule has 2 amide bonds. The summed E-state index contributed by atoms with van der Waals surface area (Å²) < 4.78 is 25.0. The second-order valence-electron chi connectivity index (χ2n) is 7.53. The number of nitrogens with one attached hydrogen (secondary N) is 1. The van der Waals surface area contributed by atoms with E-state index >= 15 is 0 Å². The molecule has 2 aliphatic rings.